The van der Waals surface area contributed by atoms with Crippen LogP contribution >= 0.6 is 0 Å². The van der Waals surface area contributed by atoms with Crippen LogP contribution in [0.25, 0.3) is 0 Å². The van der Waals surface area contributed by atoms with Crippen molar-refractivity contribution in [2.75, 3.05) is 0 Å². The molecular formula is C84H86O30. The average molecular weight is 1580 g/mol. The van der Waals surface area contributed by atoms with Crippen LogP contribution in [-0.2, 0) is 143 Å². The first-order valence-electron chi connectivity index (χ1n) is 41.8. The summed E-state index contributed by atoms with van der Waals surface area (Å²) in [6.45, 7) is 0. The topological polar surface area (TPSA) is 434 Å². The molecule has 16 bridgehead atoms. The molecule has 30 heteroatoms. The molecule has 30 nitrogen and oxygen atoms in total. The monoisotopic (exact) mass is 1570 g/mol. The molecule has 33 fully saturated rings. The fourth-order valence-corrected chi connectivity index (χ4v) is 34.7. The number of hydrogen-bond donors (Lipinski definition) is 0. The molecule has 0 aromatic rings. The Kier molecular flexibility index (Phi) is 15.6. The summed E-state index contributed by atoms with van der Waals surface area (Å²) in [5, 5.41) is 0. The first kappa shape index (κ1) is 71.9. The van der Waals surface area contributed by atoms with Gasteiger partial charge in [-0.2, -0.15) is 0 Å². The molecule has 10 saturated heterocycles. The molecule has 33 aliphatic rings. The lowest BCUT2D eigenvalue weighted by atomic mass is 9.37. The predicted octanol–water partition coefficient (Wildman–Crippen LogP) is 4.16. The van der Waals surface area contributed by atoms with Crippen LogP contribution in [0.5, 0.6) is 0 Å². The average Bonchev–Trinajstić information content (AvgIpc) is 1.47. The molecule has 42 atom stereocenters. The van der Waals surface area contributed by atoms with Gasteiger partial charge in [-0.15, -0.1) is 0 Å². The molecule has 602 valence electrons. The summed E-state index contributed by atoms with van der Waals surface area (Å²) in [6, 6.07) is 0. The van der Waals surface area contributed by atoms with Crippen LogP contribution in [0.1, 0.15) is 129 Å². The predicted molar refractivity (Wildman–Crippen MR) is 359 cm³/mol. The third kappa shape index (κ3) is 9.30. The molecule has 23 aliphatic carbocycles. The molecule has 10 aliphatic heterocycles. The second-order valence-electron chi connectivity index (χ2n) is 39.1. The first-order valence-corrected chi connectivity index (χ1v) is 41.8. The van der Waals surface area contributed by atoms with Gasteiger partial charge in [-0.3, -0.25) is 95.9 Å². The maximum atomic E-state index is 12.5. The van der Waals surface area contributed by atoms with Crippen LogP contribution < -0.4 is 0 Å². The van der Waals surface area contributed by atoms with E-state index >= 15 is 0 Å². The van der Waals surface area contributed by atoms with E-state index in [1.54, 1.807) is 0 Å². The largest absolute Gasteiger partial charge is 0.393 e. The Morgan fingerprint density at radius 1 is 0.149 bits per heavy atom. The lowest BCUT2D eigenvalue weighted by Crippen LogP contribution is -2.65. The zero-order valence-electron chi connectivity index (χ0n) is 61.1. The number of hydrogen-bond acceptors (Lipinski definition) is 30. The van der Waals surface area contributed by atoms with E-state index in [-0.39, 0.29) is 281 Å². The van der Waals surface area contributed by atoms with Gasteiger partial charge < -0.3 is 47.4 Å². The zero-order chi connectivity index (χ0) is 77.5. The summed E-state index contributed by atoms with van der Waals surface area (Å²) in [4.78, 5) is 240. The van der Waals surface area contributed by atoms with Crippen LogP contribution in [0.15, 0.2) is 0 Å². The molecule has 114 heavy (non-hydrogen) atoms. The van der Waals surface area contributed by atoms with E-state index in [0.717, 1.165) is 89.9 Å². The van der Waals surface area contributed by atoms with Crippen molar-refractivity contribution >= 4 is 119 Å². The van der Waals surface area contributed by atoms with Gasteiger partial charge in [-0.05, 0) is 262 Å². The highest BCUT2D eigenvalue weighted by atomic mass is 16.6. The van der Waals surface area contributed by atoms with E-state index in [0.29, 0.717) is 72.5 Å². The Hall–Kier alpha value is -8.60. The Morgan fingerprint density at radius 2 is 0.333 bits per heavy atom. The van der Waals surface area contributed by atoms with Crippen molar-refractivity contribution in [3.8, 4) is 0 Å². The quantitative estimate of drug-likeness (QED) is 0.187. The molecule has 10 heterocycles. The highest BCUT2D eigenvalue weighted by Crippen LogP contribution is 2.77. The van der Waals surface area contributed by atoms with Gasteiger partial charge >= 0.3 is 119 Å². The molecule has 0 aromatic carbocycles. The van der Waals surface area contributed by atoms with Crippen molar-refractivity contribution in [2.45, 2.75) is 129 Å². The van der Waals surface area contributed by atoms with E-state index in [4.69, 9.17) is 37.9 Å². The molecule has 0 radical (unpaired) electrons. The Bertz CT molecular complexity index is 4460. The van der Waals surface area contributed by atoms with Crippen LogP contribution in [0.4, 0.5) is 0 Å². The Labute approximate surface area is 649 Å². The fourth-order valence-electron chi connectivity index (χ4n) is 34.7. The highest BCUT2D eigenvalue weighted by Gasteiger charge is 2.78. The minimum absolute atomic E-state index is 0. The summed E-state index contributed by atoms with van der Waals surface area (Å²) < 4.78 is 48.7. The lowest BCUT2D eigenvalue weighted by Gasteiger charge is -2.66. The second kappa shape index (κ2) is 24.7. The number of esters is 20. The van der Waals surface area contributed by atoms with Gasteiger partial charge in [-0.25, -0.2) is 0 Å². The molecule has 0 amide bonds. The highest BCUT2D eigenvalue weighted by molar-refractivity contribution is 6.03. The maximum absolute atomic E-state index is 12.5. The third-order valence-electron chi connectivity index (χ3n) is 36.8. The van der Waals surface area contributed by atoms with Crippen LogP contribution in [0, 0.1) is 260 Å². The van der Waals surface area contributed by atoms with Crippen LogP contribution in [0.3, 0.4) is 0 Å². The van der Waals surface area contributed by atoms with Crippen molar-refractivity contribution in [3.05, 3.63) is 0 Å². The van der Waals surface area contributed by atoms with Crippen molar-refractivity contribution < 1.29 is 143 Å². The number of fused-ring (bicyclic) bond motifs is 19. The van der Waals surface area contributed by atoms with Gasteiger partial charge in [-0.1, -0.05) is 7.43 Å². The summed E-state index contributed by atoms with van der Waals surface area (Å²) in [5.41, 5.74) is 0. The van der Waals surface area contributed by atoms with Gasteiger partial charge in [0, 0.05) is 19.3 Å². The zero-order valence-corrected chi connectivity index (χ0v) is 61.1. The normalized spacial score (nSPS) is 53.8. The second-order valence-corrected chi connectivity index (χ2v) is 39.1. The fraction of sp³-hybridized carbons (Fsp3) is 0.762. The molecule has 42 unspecified atom stereocenters. The van der Waals surface area contributed by atoms with E-state index in [9.17, 15) is 95.9 Å². The van der Waals surface area contributed by atoms with E-state index in [1.165, 1.54) is 0 Å². The summed E-state index contributed by atoms with van der Waals surface area (Å²) in [5.74, 6) is -7.98. The number of cyclic esters (lactones) is 20. The smallest absolute Gasteiger partial charge is 0.317 e. The Balaban J connectivity index is 0.0000000873. The third-order valence-corrected chi connectivity index (χ3v) is 36.8. The van der Waals surface area contributed by atoms with Gasteiger partial charge in [0.1, 0.15) is 0 Å². The first-order chi connectivity index (χ1) is 54.3. The molecule has 0 spiro atoms. The van der Waals surface area contributed by atoms with Crippen molar-refractivity contribution in [3.63, 3.8) is 0 Å². The van der Waals surface area contributed by atoms with Crippen molar-refractivity contribution in [2.24, 2.45) is 260 Å². The molecule has 0 N–H and O–H groups in total. The van der Waals surface area contributed by atoms with Crippen LogP contribution in [0.2, 0.25) is 0 Å². The molecule has 33 rings (SSSR count). The SMILES string of the molecule is C.O=C1CC2C(CC3C(=O)OC(=O)C32)C(=O)O1.O=C1CC2C3CC(C2C(=O)O1)C1C2CCC(C4C(=O)OC(=O)C24)C31.O=C1CC2C3CCC(C2C(=O)O1)C1C2CC(C4C(=O)OC(=O)C24)C31.O=C1CC2C3CCC(C2C(=O)O1)C1C2CCC(C4C(=O)OC(=O)C24)C31.O=C1OC(=O)C2C3CCC(C12)C1C2CCC(C4C(=O)OC(=O)C24)C31. The standard InChI is InChI=1S/C19H20O6.3C18H18O6.C10H8O6.CH4/c20-11-5-10-6-1-2-7(14(10)17(21)24-11)13-9-4-3-8(12(6)13)15-16(9)19(23)25-18(15)22;19-10-4-7-5-1-2-6(13(7)16(20)23-10)12-9-3-8(11(5)12)14-15(9)18(22)24-17(14)21;19-10-4-8-7-3-9(13(8)16(20)23-10)12-6-2-1-5(11(7)12)14-15(6)18(22)24-17(14)21;19-15-11-5-1-2-6(12(11)16(20)23-15)10-8-4-3-7(9(5)10)13-14(8)18(22)24-17(13)21;11-6-2-3-4(8(12)15-6)1-5-7(3)10(14)16-9(5)13;/h6-10,12-16H,1-5H2;2*5-9,11-15H,1-4H2;5-14H,1-4H2;3-5,7H,1-2H2;1H4. The molecular weight excluding hydrogens is 1490 g/mol. The van der Waals surface area contributed by atoms with E-state index in [2.05, 4.69) is 9.47 Å². The van der Waals surface area contributed by atoms with Gasteiger partial charge in [0.2, 0.25) is 0 Å². The number of carbonyl (C=O) groups is 20. The van der Waals surface area contributed by atoms with Crippen molar-refractivity contribution in [1.29, 1.82) is 0 Å². The molecule has 23 saturated carbocycles. The Morgan fingerprint density at radius 3 is 0.667 bits per heavy atom. The summed E-state index contributed by atoms with van der Waals surface area (Å²) in [6.07, 6.45) is 14.7. The maximum Gasteiger partial charge on any atom is 0.317 e. The lowest BCUT2D eigenvalue weighted by molar-refractivity contribution is -0.216. The number of ether oxygens (including phenoxy) is 10. The summed E-state index contributed by atoms with van der Waals surface area (Å²) >= 11 is 0. The minimum Gasteiger partial charge on any atom is -0.393 e. The summed E-state index contributed by atoms with van der Waals surface area (Å²) in [7, 11) is 0. The van der Waals surface area contributed by atoms with Gasteiger partial charge in [0.25, 0.3) is 0 Å². The van der Waals surface area contributed by atoms with E-state index in [1.807, 2.05) is 0 Å². The van der Waals surface area contributed by atoms with Crippen molar-refractivity contribution in [1.82, 2.24) is 0 Å². The van der Waals surface area contributed by atoms with Crippen LogP contribution in [-0.4, -0.2) is 119 Å². The van der Waals surface area contributed by atoms with E-state index < -0.39 is 65.5 Å². The number of rotatable bonds is 0. The van der Waals surface area contributed by atoms with Gasteiger partial charge in [0.05, 0.1) is 101 Å². The minimum atomic E-state index is -0.630. The van der Waals surface area contributed by atoms with Gasteiger partial charge in [0.15, 0.2) is 0 Å². The number of carbonyl (C=O) groups excluding carboxylic acids is 20. The molecule has 0 aromatic heterocycles.